The van der Waals surface area contributed by atoms with E-state index in [1.807, 2.05) is 48.5 Å². The lowest BCUT2D eigenvalue weighted by atomic mass is 10.2. The van der Waals surface area contributed by atoms with Gasteiger partial charge in [0.2, 0.25) is 0 Å². The van der Waals surface area contributed by atoms with Crippen LogP contribution in [0.3, 0.4) is 0 Å². The minimum Gasteiger partial charge on any atom is -0.313 e. The molecule has 5 heteroatoms. The van der Waals surface area contributed by atoms with E-state index < -0.39 is 7.14 Å². The lowest BCUT2D eigenvalue weighted by molar-refractivity contribution is 0.586. The molecule has 3 aromatic carbocycles. The van der Waals surface area contributed by atoms with Gasteiger partial charge < -0.3 is 4.57 Å². The van der Waals surface area contributed by atoms with Crippen LogP contribution in [0.15, 0.2) is 77.3 Å². The van der Waals surface area contributed by atoms with E-state index in [1.54, 1.807) is 24.3 Å². The summed E-state index contributed by atoms with van der Waals surface area (Å²) >= 11 is 15.6. The van der Waals surface area contributed by atoms with Crippen molar-refractivity contribution in [1.82, 2.24) is 0 Å². The first-order valence-corrected chi connectivity index (χ1v) is 10.8. The maximum atomic E-state index is 14.1. The molecule has 0 aromatic heterocycles. The molecule has 0 fully saturated rings. The van der Waals surface area contributed by atoms with Crippen molar-refractivity contribution < 1.29 is 4.57 Å². The van der Waals surface area contributed by atoms with Gasteiger partial charge in [0.05, 0.1) is 0 Å². The fraction of sp³-hybridized carbons (Fsp3) is 0.0526. The van der Waals surface area contributed by atoms with Crippen molar-refractivity contribution in [2.24, 2.45) is 0 Å². The summed E-state index contributed by atoms with van der Waals surface area (Å²) in [5, 5.41) is 2.82. The fourth-order valence-electron chi connectivity index (χ4n) is 2.56. The van der Waals surface area contributed by atoms with Gasteiger partial charge in [0.1, 0.15) is 7.14 Å². The van der Waals surface area contributed by atoms with Gasteiger partial charge in [-0.1, -0.05) is 57.3 Å². The summed E-state index contributed by atoms with van der Waals surface area (Å²) in [6, 6.07) is 22.3. The number of halogens is 3. The first-order chi connectivity index (χ1) is 11.5. The molecular formula is C19H14BrCl2OP. The largest absolute Gasteiger partial charge is 0.313 e. The summed E-state index contributed by atoms with van der Waals surface area (Å²) in [6.07, 6.45) is 0.428. The Bertz CT molecular complexity index is 843. The van der Waals surface area contributed by atoms with Crippen LogP contribution in [-0.4, -0.2) is 0 Å². The SMILES string of the molecule is O=P(Cc1ccccc1Br)(c1ccc(Cl)cc1)c1ccc(Cl)cc1. The van der Waals surface area contributed by atoms with Gasteiger partial charge in [-0.2, -0.15) is 0 Å². The zero-order chi connectivity index (χ0) is 17.2. The van der Waals surface area contributed by atoms with Crippen LogP contribution < -0.4 is 10.6 Å². The third-order valence-electron chi connectivity index (χ3n) is 3.84. The van der Waals surface area contributed by atoms with Crippen LogP contribution in [0.4, 0.5) is 0 Å². The maximum Gasteiger partial charge on any atom is 0.147 e. The quantitative estimate of drug-likeness (QED) is 0.438. The monoisotopic (exact) mass is 438 g/mol. The Morgan fingerprint density at radius 1 is 0.750 bits per heavy atom. The summed E-state index contributed by atoms with van der Waals surface area (Å²) < 4.78 is 15.0. The maximum absolute atomic E-state index is 14.1. The average Bonchev–Trinajstić information content (AvgIpc) is 2.58. The second kappa shape index (κ2) is 7.45. The molecule has 1 nitrogen and oxygen atoms in total. The van der Waals surface area contributed by atoms with Crippen molar-refractivity contribution in [2.45, 2.75) is 6.16 Å². The molecule has 0 amide bonds. The van der Waals surface area contributed by atoms with Crippen molar-refractivity contribution in [1.29, 1.82) is 0 Å². The summed E-state index contributed by atoms with van der Waals surface area (Å²) in [5.74, 6) is 0. The lowest BCUT2D eigenvalue weighted by Crippen LogP contribution is -2.17. The van der Waals surface area contributed by atoms with Crippen molar-refractivity contribution in [3.63, 3.8) is 0 Å². The van der Waals surface area contributed by atoms with Gasteiger partial charge in [-0.05, 0) is 60.2 Å². The first-order valence-electron chi connectivity index (χ1n) is 7.34. The molecule has 3 aromatic rings. The highest BCUT2D eigenvalue weighted by atomic mass is 79.9. The van der Waals surface area contributed by atoms with Gasteiger partial charge in [0.15, 0.2) is 0 Å². The second-order valence-electron chi connectivity index (χ2n) is 5.44. The molecule has 0 bridgehead atoms. The highest BCUT2D eigenvalue weighted by molar-refractivity contribution is 9.10. The van der Waals surface area contributed by atoms with Crippen LogP contribution in [0.2, 0.25) is 10.0 Å². The molecular weight excluding hydrogens is 426 g/mol. The number of hydrogen-bond acceptors (Lipinski definition) is 1. The zero-order valence-corrected chi connectivity index (χ0v) is 16.6. The van der Waals surface area contributed by atoms with E-state index in [-0.39, 0.29) is 0 Å². The van der Waals surface area contributed by atoms with E-state index in [9.17, 15) is 4.57 Å². The Kier molecular flexibility index (Phi) is 5.52. The van der Waals surface area contributed by atoms with E-state index in [1.165, 1.54) is 0 Å². The van der Waals surface area contributed by atoms with Gasteiger partial charge in [-0.3, -0.25) is 0 Å². The first kappa shape index (κ1) is 17.8. The molecule has 0 heterocycles. The molecule has 0 aliphatic heterocycles. The lowest BCUT2D eigenvalue weighted by Gasteiger charge is -2.20. The van der Waals surface area contributed by atoms with Gasteiger partial charge in [0, 0.05) is 31.3 Å². The molecule has 3 rings (SSSR count). The molecule has 0 atom stereocenters. The highest BCUT2D eigenvalue weighted by Crippen LogP contribution is 2.48. The summed E-state index contributed by atoms with van der Waals surface area (Å²) in [7, 11) is -2.86. The van der Waals surface area contributed by atoms with Crippen LogP contribution in [0, 0.1) is 0 Å². The second-order valence-corrected chi connectivity index (χ2v) is 10.00. The summed E-state index contributed by atoms with van der Waals surface area (Å²) in [4.78, 5) is 0. The molecule has 0 saturated carbocycles. The molecule has 0 radical (unpaired) electrons. The van der Waals surface area contributed by atoms with Crippen molar-refractivity contribution in [3.8, 4) is 0 Å². The van der Waals surface area contributed by atoms with Crippen LogP contribution in [-0.2, 0) is 10.7 Å². The van der Waals surface area contributed by atoms with Crippen LogP contribution in [0.1, 0.15) is 5.56 Å². The normalized spacial score (nSPS) is 11.5. The van der Waals surface area contributed by atoms with Crippen molar-refractivity contribution in [3.05, 3.63) is 92.9 Å². The molecule has 122 valence electrons. The summed E-state index contributed by atoms with van der Waals surface area (Å²) in [5.41, 5.74) is 1.01. The van der Waals surface area contributed by atoms with E-state index in [2.05, 4.69) is 15.9 Å². The third kappa shape index (κ3) is 3.78. The summed E-state index contributed by atoms with van der Waals surface area (Å²) in [6.45, 7) is 0. The smallest absolute Gasteiger partial charge is 0.147 e. The van der Waals surface area contributed by atoms with Gasteiger partial charge >= 0.3 is 0 Å². The average molecular weight is 440 g/mol. The number of rotatable bonds is 4. The Morgan fingerprint density at radius 3 is 1.67 bits per heavy atom. The molecule has 0 aliphatic carbocycles. The standard InChI is InChI=1S/C19H14BrCl2OP/c20-19-4-2-1-3-14(19)13-24(23,17-9-5-15(21)6-10-17)18-11-7-16(22)8-12-18/h1-12H,13H2. The zero-order valence-electron chi connectivity index (χ0n) is 12.6. The number of hydrogen-bond donors (Lipinski definition) is 0. The Balaban J connectivity index is 2.13. The van der Waals surface area contributed by atoms with Gasteiger partial charge in [-0.25, -0.2) is 0 Å². The molecule has 0 spiro atoms. The molecule has 0 aliphatic rings. The Labute approximate surface area is 160 Å². The van der Waals surface area contributed by atoms with Crippen LogP contribution >= 0.6 is 46.3 Å². The Morgan fingerprint density at radius 2 is 1.21 bits per heavy atom. The van der Waals surface area contributed by atoms with Crippen molar-refractivity contribution in [2.75, 3.05) is 0 Å². The third-order valence-corrected chi connectivity index (χ3v) is 8.17. The Hall–Kier alpha value is -1.05. The van der Waals surface area contributed by atoms with Gasteiger partial charge in [-0.15, -0.1) is 0 Å². The van der Waals surface area contributed by atoms with E-state index in [0.717, 1.165) is 20.6 Å². The van der Waals surface area contributed by atoms with Crippen molar-refractivity contribution >= 4 is 56.9 Å². The van der Waals surface area contributed by atoms with E-state index in [4.69, 9.17) is 23.2 Å². The molecule has 24 heavy (non-hydrogen) atoms. The van der Waals surface area contributed by atoms with Crippen LogP contribution in [0.25, 0.3) is 0 Å². The van der Waals surface area contributed by atoms with Gasteiger partial charge in [0.25, 0.3) is 0 Å². The predicted octanol–water partition coefficient (Wildman–Crippen LogP) is 6.27. The fourth-order valence-corrected chi connectivity index (χ4v) is 6.14. The topological polar surface area (TPSA) is 17.1 Å². The number of benzene rings is 3. The highest BCUT2D eigenvalue weighted by Gasteiger charge is 2.28. The molecule has 0 N–H and O–H groups in total. The van der Waals surface area contributed by atoms with Crippen LogP contribution in [0.5, 0.6) is 0 Å². The molecule has 0 unspecified atom stereocenters. The van der Waals surface area contributed by atoms with E-state index in [0.29, 0.717) is 16.2 Å². The predicted molar refractivity (Wildman–Crippen MR) is 108 cm³/mol. The minimum absolute atomic E-state index is 0.428. The minimum atomic E-state index is -2.86. The molecule has 0 saturated heterocycles. The van der Waals surface area contributed by atoms with E-state index >= 15 is 0 Å².